The number of aromatic nitrogens is 1. The standard InChI is InChI=1S/C24H27ClF3N3O3/c1-33-20-6-5-16(12-21(20)34-2)19-4-3-9-31(19)23(32)15-7-10-30(11-8-15)22-18(25)13-17(14-29-22)24(26,27)28/h5-6,12-15,19H,3-4,7-11H2,1-2H3/t19-/m1/s1. The number of likely N-dealkylation sites (tertiary alicyclic amines) is 1. The van der Waals surface area contributed by atoms with Crippen LogP contribution in [0.25, 0.3) is 0 Å². The van der Waals surface area contributed by atoms with Crippen molar-refractivity contribution in [3.05, 3.63) is 46.6 Å². The van der Waals surface area contributed by atoms with Crippen LogP contribution in [0.2, 0.25) is 5.02 Å². The van der Waals surface area contributed by atoms with Gasteiger partial charge in [0, 0.05) is 31.7 Å². The Morgan fingerprint density at radius 1 is 1.06 bits per heavy atom. The minimum Gasteiger partial charge on any atom is -0.493 e. The molecule has 3 heterocycles. The first-order valence-corrected chi connectivity index (χ1v) is 11.6. The summed E-state index contributed by atoms with van der Waals surface area (Å²) >= 11 is 6.11. The minimum absolute atomic E-state index is 0.0173. The van der Waals surface area contributed by atoms with E-state index in [2.05, 4.69) is 4.98 Å². The number of benzene rings is 1. The average molecular weight is 498 g/mol. The maximum absolute atomic E-state index is 13.4. The lowest BCUT2D eigenvalue weighted by molar-refractivity contribution is -0.138. The van der Waals surface area contributed by atoms with Gasteiger partial charge in [-0.2, -0.15) is 13.2 Å². The number of alkyl halides is 3. The zero-order valence-electron chi connectivity index (χ0n) is 19.1. The molecule has 0 spiro atoms. The second kappa shape index (κ2) is 9.90. The number of methoxy groups -OCH3 is 2. The number of hydrogen-bond donors (Lipinski definition) is 0. The van der Waals surface area contributed by atoms with Crippen molar-refractivity contribution in [3.63, 3.8) is 0 Å². The highest BCUT2D eigenvalue weighted by atomic mass is 35.5. The van der Waals surface area contributed by atoms with Crippen LogP contribution >= 0.6 is 11.6 Å². The van der Waals surface area contributed by atoms with Crippen molar-refractivity contribution in [2.75, 3.05) is 38.8 Å². The van der Waals surface area contributed by atoms with Crippen LogP contribution in [0, 0.1) is 5.92 Å². The normalized spacial score (nSPS) is 19.4. The Balaban J connectivity index is 1.42. The van der Waals surface area contributed by atoms with Crippen LogP contribution in [0.4, 0.5) is 19.0 Å². The summed E-state index contributed by atoms with van der Waals surface area (Å²) < 4.78 is 49.4. The molecule has 0 unspecified atom stereocenters. The maximum Gasteiger partial charge on any atom is 0.417 e. The minimum atomic E-state index is -4.49. The topological polar surface area (TPSA) is 54.9 Å². The number of piperidine rings is 1. The second-order valence-electron chi connectivity index (χ2n) is 8.59. The van der Waals surface area contributed by atoms with Gasteiger partial charge in [0.15, 0.2) is 11.5 Å². The number of carbonyl (C=O) groups excluding carboxylic acids is 1. The molecule has 2 fully saturated rings. The Morgan fingerprint density at radius 3 is 2.38 bits per heavy atom. The highest BCUT2D eigenvalue weighted by molar-refractivity contribution is 6.33. The first-order chi connectivity index (χ1) is 16.2. The molecule has 2 aliphatic rings. The number of amides is 1. The third-order valence-corrected chi connectivity index (χ3v) is 6.90. The van der Waals surface area contributed by atoms with E-state index in [1.165, 1.54) is 0 Å². The fourth-order valence-electron chi connectivity index (χ4n) is 4.83. The average Bonchev–Trinajstić information content (AvgIpc) is 3.32. The van der Waals surface area contributed by atoms with Crippen LogP contribution in [0.1, 0.15) is 42.9 Å². The van der Waals surface area contributed by atoms with E-state index in [1.54, 1.807) is 14.2 Å². The van der Waals surface area contributed by atoms with Crippen molar-refractivity contribution in [1.82, 2.24) is 9.88 Å². The van der Waals surface area contributed by atoms with Crippen LogP contribution < -0.4 is 14.4 Å². The van der Waals surface area contributed by atoms with Crippen LogP contribution in [0.3, 0.4) is 0 Å². The van der Waals surface area contributed by atoms with E-state index in [0.29, 0.717) is 49.8 Å². The Hall–Kier alpha value is -2.68. The Kier molecular flexibility index (Phi) is 7.12. The van der Waals surface area contributed by atoms with Gasteiger partial charge in [0.1, 0.15) is 5.82 Å². The van der Waals surface area contributed by atoms with Gasteiger partial charge in [0.2, 0.25) is 5.91 Å². The molecule has 184 valence electrons. The molecule has 0 saturated carbocycles. The Labute approximate surface area is 201 Å². The number of rotatable bonds is 5. The first kappa shape index (κ1) is 24.4. The van der Waals surface area contributed by atoms with Crippen molar-refractivity contribution >= 4 is 23.3 Å². The summed E-state index contributed by atoms with van der Waals surface area (Å²) in [6.45, 7) is 1.71. The lowest BCUT2D eigenvalue weighted by Gasteiger charge is -2.36. The summed E-state index contributed by atoms with van der Waals surface area (Å²) in [6.07, 6.45) is -0.703. The highest BCUT2D eigenvalue weighted by Gasteiger charge is 2.37. The lowest BCUT2D eigenvalue weighted by atomic mass is 9.94. The molecular formula is C24H27ClF3N3O3. The van der Waals surface area contributed by atoms with Crippen LogP contribution in [-0.2, 0) is 11.0 Å². The van der Waals surface area contributed by atoms with Crippen molar-refractivity contribution in [1.29, 1.82) is 0 Å². The van der Waals surface area contributed by atoms with Crippen LogP contribution in [-0.4, -0.2) is 49.6 Å². The molecule has 0 radical (unpaired) electrons. The molecule has 10 heteroatoms. The number of pyridine rings is 1. The molecule has 0 bridgehead atoms. The number of ether oxygens (including phenoxy) is 2. The SMILES string of the molecule is COc1ccc([C@H]2CCCN2C(=O)C2CCN(c3ncc(C(F)(F)F)cc3Cl)CC2)cc1OC. The monoisotopic (exact) mass is 497 g/mol. The van der Waals surface area contributed by atoms with E-state index in [0.717, 1.165) is 30.7 Å². The van der Waals surface area contributed by atoms with Gasteiger partial charge in [-0.1, -0.05) is 17.7 Å². The summed E-state index contributed by atoms with van der Waals surface area (Å²) in [5.74, 6) is 1.57. The summed E-state index contributed by atoms with van der Waals surface area (Å²) in [7, 11) is 3.17. The molecule has 0 aliphatic carbocycles. The number of hydrogen-bond acceptors (Lipinski definition) is 5. The fourth-order valence-corrected chi connectivity index (χ4v) is 5.11. The van der Waals surface area contributed by atoms with E-state index in [1.807, 2.05) is 28.0 Å². The molecule has 4 rings (SSSR count). The Morgan fingerprint density at radius 2 is 1.76 bits per heavy atom. The number of halogens is 4. The van der Waals surface area contributed by atoms with Crippen molar-refractivity contribution < 1.29 is 27.4 Å². The quantitative estimate of drug-likeness (QED) is 0.557. The van der Waals surface area contributed by atoms with E-state index < -0.39 is 11.7 Å². The molecule has 0 N–H and O–H groups in total. The van der Waals surface area contributed by atoms with Gasteiger partial charge in [-0.3, -0.25) is 4.79 Å². The van der Waals surface area contributed by atoms with Gasteiger partial charge in [-0.25, -0.2) is 4.98 Å². The zero-order valence-corrected chi connectivity index (χ0v) is 19.8. The van der Waals surface area contributed by atoms with Gasteiger partial charge in [0.25, 0.3) is 0 Å². The van der Waals surface area contributed by atoms with Gasteiger partial charge in [0.05, 0.1) is 30.8 Å². The molecule has 1 aromatic carbocycles. The lowest BCUT2D eigenvalue weighted by Crippen LogP contribution is -2.42. The zero-order chi connectivity index (χ0) is 24.5. The summed E-state index contributed by atoms with van der Waals surface area (Å²) in [6, 6.07) is 6.64. The van der Waals surface area contributed by atoms with E-state index in [-0.39, 0.29) is 22.9 Å². The van der Waals surface area contributed by atoms with E-state index in [9.17, 15) is 18.0 Å². The van der Waals surface area contributed by atoms with Crippen LogP contribution in [0.5, 0.6) is 11.5 Å². The third kappa shape index (κ3) is 4.89. The first-order valence-electron chi connectivity index (χ1n) is 11.2. The number of nitrogens with zero attached hydrogens (tertiary/aromatic N) is 3. The van der Waals surface area contributed by atoms with Crippen molar-refractivity contribution in [2.45, 2.75) is 37.9 Å². The highest BCUT2D eigenvalue weighted by Crippen LogP contribution is 2.39. The van der Waals surface area contributed by atoms with Crippen LogP contribution in [0.15, 0.2) is 30.5 Å². The summed E-state index contributed by atoms with van der Waals surface area (Å²) in [4.78, 5) is 21.2. The molecular weight excluding hydrogens is 471 g/mol. The number of anilines is 1. The molecule has 2 aliphatic heterocycles. The molecule has 1 aromatic heterocycles. The van der Waals surface area contributed by atoms with Gasteiger partial charge in [-0.05, 0) is 49.4 Å². The third-order valence-electron chi connectivity index (χ3n) is 6.62. The number of carbonyl (C=O) groups is 1. The van der Waals surface area contributed by atoms with Crippen molar-refractivity contribution in [2.24, 2.45) is 5.92 Å². The van der Waals surface area contributed by atoms with Gasteiger partial charge < -0.3 is 19.3 Å². The smallest absolute Gasteiger partial charge is 0.417 e. The largest absolute Gasteiger partial charge is 0.493 e. The fraction of sp³-hybridized carbons (Fsp3) is 0.500. The molecule has 6 nitrogen and oxygen atoms in total. The van der Waals surface area contributed by atoms with E-state index in [4.69, 9.17) is 21.1 Å². The predicted octanol–water partition coefficient (Wildman–Crippen LogP) is 5.35. The van der Waals surface area contributed by atoms with Gasteiger partial charge >= 0.3 is 6.18 Å². The molecule has 1 amide bonds. The van der Waals surface area contributed by atoms with E-state index >= 15 is 0 Å². The Bertz CT molecular complexity index is 1040. The molecule has 2 saturated heterocycles. The summed E-state index contributed by atoms with van der Waals surface area (Å²) in [5, 5.41) is -0.0346. The predicted molar refractivity (Wildman–Crippen MR) is 122 cm³/mol. The molecule has 34 heavy (non-hydrogen) atoms. The summed E-state index contributed by atoms with van der Waals surface area (Å²) in [5.41, 5.74) is 0.142. The molecule has 2 aromatic rings. The second-order valence-corrected chi connectivity index (χ2v) is 9.00. The van der Waals surface area contributed by atoms with Gasteiger partial charge in [-0.15, -0.1) is 0 Å². The molecule has 1 atom stereocenters. The maximum atomic E-state index is 13.4. The van der Waals surface area contributed by atoms with Crippen molar-refractivity contribution in [3.8, 4) is 11.5 Å².